The molecular formula is C25H25F5O5. The van der Waals surface area contributed by atoms with Crippen LogP contribution >= 0.6 is 0 Å². The van der Waals surface area contributed by atoms with E-state index in [1.165, 1.54) is 12.1 Å². The lowest BCUT2D eigenvalue weighted by atomic mass is 10.1. The van der Waals surface area contributed by atoms with Gasteiger partial charge in [-0.05, 0) is 50.7 Å². The van der Waals surface area contributed by atoms with Crippen LogP contribution in [0.1, 0.15) is 60.0 Å². The van der Waals surface area contributed by atoms with E-state index >= 15 is 0 Å². The molecule has 2 aliphatic rings. The number of benzene rings is 2. The first-order chi connectivity index (χ1) is 16.8. The van der Waals surface area contributed by atoms with Crippen LogP contribution in [-0.4, -0.2) is 24.3 Å². The fraction of sp³-hybridized carbons (Fsp3) is 0.400. The van der Waals surface area contributed by atoms with Gasteiger partial charge in [0, 0.05) is 5.56 Å². The van der Waals surface area contributed by atoms with Gasteiger partial charge in [-0.2, -0.15) is 0 Å². The summed E-state index contributed by atoms with van der Waals surface area (Å²) in [5.41, 5.74) is -1.10. The van der Waals surface area contributed by atoms with Gasteiger partial charge in [-0.1, -0.05) is 12.2 Å². The maximum absolute atomic E-state index is 14.0. The highest BCUT2D eigenvalue weighted by Crippen LogP contribution is 2.31. The second-order valence-electron chi connectivity index (χ2n) is 7.90. The van der Waals surface area contributed by atoms with Crippen molar-refractivity contribution in [3.8, 4) is 11.5 Å². The molecule has 0 amide bonds. The summed E-state index contributed by atoms with van der Waals surface area (Å²) in [6.45, 7) is -1.07. The Morgan fingerprint density at radius 1 is 0.800 bits per heavy atom. The Hall–Kier alpha value is -3.14. The normalized spacial score (nSPS) is 15.8. The van der Waals surface area contributed by atoms with E-state index in [0.29, 0.717) is 25.0 Å². The van der Waals surface area contributed by atoms with Crippen LogP contribution in [0.25, 0.3) is 0 Å². The number of aliphatic hydroxyl groups is 1. The molecule has 2 aromatic rings. The molecule has 0 aromatic heterocycles. The minimum Gasteiger partial charge on any atom is -0.493 e. The van der Waals surface area contributed by atoms with Gasteiger partial charge in [0.05, 0.1) is 25.4 Å². The van der Waals surface area contributed by atoms with Crippen LogP contribution in [0.15, 0.2) is 24.3 Å². The van der Waals surface area contributed by atoms with Gasteiger partial charge in [-0.25, -0.2) is 26.7 Å². The number of fused-ring (bicyclic) bond motifs is 12. The molecule has 2 heterocycles. The number of hydrogen-bond acceptors (Lipinski definition) is 5. The van der Waals surface area contributed by atoms with Crippen LogP contribution in [0.5, 0.6) is 11.5 Å². The van der Waals surface area contributed by atoms with Gasteiger partial charge in [-0.15, -0.1) is 0 Å². The lowest BCUT2D eigenvalue weighted by molar-refractivity contribution is 0.0456. The average molecular weight is 500 g/mol. The molecule has 190 valence electrons. The Morgan fingerprint density at radius 2 is 1.34 bits per heavy atom. The minimum atomic E-state index is -2.30. The molecule has 0 unspecified atom stereocenters. The molecule has 10 heteroatoms. The van der Waals surface area contributed by atoms with E-state index in [1.807, 2.05) is 0 Å². The third-order valence-electron chi connectivity index (χ3n) is 5.41. The SMILES string of the molecule is O=C(OCc1c(F)c(F)c(F)c(F)c1F)c1cc2c(CO)cc1OCCCC/C=C/CCCCO2. The molecule has 4 rings (SSSR count). The number of esters is 1. The fourth-order valence-corrected chi connectivity index (χ4v) is 3.46. The van der Waals surface area contributed by atoms with E-state index in [9.17, 15) is 31.9 Å². The predicted molar refractivity (Wildman–Crippen MR) is 116 cm³/mol. The van der Waals surface area contributed by atoms with E-state index in [-0.39, 0.29) is 23.7 Å². The van der Waals surface area contributed by atoms with Crippen LogP contribution in [0, 0.1) is 29.1 Å². The first-order valence-corrected chi connectivity index (χ1v) is 11.2. The quantitative estimate of drug-likeness (QED) is 0.186. The van der Waals surface area contributed by atoms with Crippen molar-refractivity contribution in [2.75, 3.05) is 13.2 Å². The Balaban J connectivity index is 1.87. The smallest absolute Gasteiger partial charge is 0.342 e. The molecule has 2 aromatic carbocycles. The number of halogens is 5. The van der Waals surface area contributed by atoms with Crippen molar-refractivity contribution in [2.24, 2.45) is 0 Å². The Kier molecular flexibility index (Phi) is 9.47. The number of hydrogen-bond donors (Lipinski definition) is 1. The van der Waals surface area contributed by atoms with Crippen molar-refractivity contribution in [3.63, 3.8) is 0 Å². The highest BCUT2D eigenvalue weighted by atomic mass is 19.2. The molecule has 0 saturated carbocycles. The van der Waals surface area contributed by atoms with Gasteiger partial charge in [0.1, 0.15) is 23.7 Å². The number of rotatable bonds is 4. The highest BCUT2D eigenvalue weighted by molar-refractivity contribution is 5.93. The van der Waals surface area contributed by atoms with Crippen LogP contribution < -0.4 is 9.47 Å². The third kappa shape index (κ3) is 6.50. The molecule has 0 spiro atoms. The summed E-state index contributed by atoms with van der Waals surface area (Å²) in [6, 6.07) is 2.67. The van der Waals surface area contributed by atoms with Gasteiger partial charge < -0.3 is 19.3 Å². The van der Waals surface area contributed by atoms with Crippen LogP contribution in [-0.2, 0) is 18.0 Å². The maximum atomic E-state index is 14.0. The van der Waals surface area contributed by atoms with Gasteiger partial charge in [0.15, 0.2) is 23.3 Å². The van der Waals surface area contributed by atoms with Crippen molar-refractivity contribution < 1.29 is 46.1 Å². The monoisotopic (exact) mass is 500 g/mol. The average Bonchev–Trinajstić information content (AvgIpc) is 2.86. The Morgan fingerprint density at radius 3 is 1.91 bits per heavy atom. The summed E-state index contributed by atoms with van der Waals surface area (Å²) in [5.74, 6) is -11.6. The van der Waals surface area contributed by atoms with E-state index in [0.717, 1.165) is 25.7 Å². The van der Waals surface area contributed by atoms with E-state index < -0.39 is 53.8 Å². The second-order valence-corrected chi connectivity index (χ2v) is 7.90. The molecule has 35 heavy (non-hydrogen) atoms. The molecule has 2 aliphatic heterocycles. The van der Waals surface area contributed by atoms with Crippen LogP contribution in [0.3, 0.4) is 0 Å². The van der Waals surface area contributed by atoms with Crippen molar-refractivity contribution in [1.29, 1.82) is 0 Å². The van der Waals surface area contributed by atoms with Crippen molar-refractivity contribution >= 4 is 5.97 Å². The summed E-state index contributed by atoms with van der Waals surface area (Å²) in [4.78, 5) is 12.8. The summed E-state index contributed by atoms with van der Waals surface area (Å²) >= 11 is 0. The molecule has 0 radical (unpaired) electrons. The number of aliphatic hydroxyl groups excluding tert-OH is 1. The number of carbonyl (C=O) groups is 1. The van der Waals surface area contributed by atoms with Gasteiger partial charge >= 0.3 is 5.97 Å². The van der Waals surface area contributed by atoms with Gasteiger partial charge in [-0.3, -0.25) is 0 Å². The minimum absolute atomic E-state index is 0.0337. The zero-order chi connectivity index (χ0) is 25.4. The third-order valence-corrected chi connectivity index (χ3v) is 5.41. The number of carbonyl (C=O) groups excluding carboxylic acids is 1. The maximum Gasteiger partial charge on any atom is 0.342 e. The van der Waals surface area contributed by atoms with Gasteiger partial charge in [0.25, 0.3) is 0 Å². The Bertz CT molecular complexity index is 1060. The zero-order valence-corrected chi connectivity index (χ0v) is 18.9. The van der Waals surface area contributed by atoms with E-state index in [4.69, 9.17) is 14.2 Å². The molecule has 0 fully saturated rings. The summed E-state index contributed by atoms with van der Waals surface area (Å²) in [6.07, 6.45) is 9.04. The van der Waals surface area contributed by atoms with Crippen molar-refractivity contribution in [1.82, 2.24) is 0 Å². The predicted octanol–water partition coefficient (Wildman–Crippen LogP) is 5.90. The van der Waals surface area contributed by atoms with Gasteiger partial charge in [0.2, 0.25) is 5.82 Å². The second kappa shape index (κ2) is 12.5. The number of allylic oxidation sites excluding steroid dienone is 2. The zero-order valence-electron chi connectivity index (χ0n) is 18.9. The molecule has 5 nitrogen and oxygen atoms in total. The van der Waals surface area contributed by atoms with Crippen molar-refractivity contribution in [2.45, 2.75) is 51.7 Å². The standard InChI is InChI=1S/C25H25F5O5/c26-20-17(21(27)23(29)24(30)22(20)28)14-35-25(32)16-12-18-15(13-31)11-19(16)34-10-8-6-4-2-1-3-5-7-9-33-18/h1-2,11-12,31H,3-10,13-14H2/b2-1+. The number of ether oxygens (including phenoxy) is 3. The molecular weight excluding hydrogens is 475 g/mol. The lowest BCUT2D eigenvalue weighted by Gasteiger charge is -2.17. The molecule has 2 bridgehead atoms. The Labute approximate surface area is 199 Å². The molecule has 0 atom stereocenters. The molecule has 0 saturated heterocycles. The highest BCUT2D eigenvalue weighted by Gasteiger charge is 2.27. The van der Waals surface area contributed by atoms with E-state index in [1.54, 1.807) is 0 Å². The molecule has 0 aliphatic carbocycles. The van der Waals surface area contributed by atoms with E-state index in [2.05, 4.69) is 12.2 Å². The largest absolute Gasteiger partial charge is 0.493 e. The summed E-state index contributed by atoms with van der Waals surface area (Å²) in [7, 11) is 0. The topological polar surface area (TPSA) is 65.0 Å². The summed E-state index contributed by atoms with van der Waals surface area (Å²) < 4.78 is 84.4. The first-order valence-electron chi connectivity index (χ1n) is 11.2. The lowest BCUT2D eigenvalue weighted by Crippen LogP contribution is -2.14. The fourth-order valence-electron chi connectivity index (χ4n) is 3.46. The van der Waals surface area contributed by atoms with Crippen molar-refractivity contribution in [3.05, 3.63) is 70.1 Å². The summed E-state index contributed by atoms with van der Waals surface area (Å²) in [5, 5.41) is 9.74. The van der Waals surface area contributed by atoms with Crippen LogP contribution in [0.4, 0.5) is 22.0 Å². The first kappa shape index (κ1) is 26.5. The van der Waals surface area contributed by atoms with Crippen LogP contribution in [0.2, 0.25) is 0 Å². The molecule has 1 N–H and O–H groups in total.